The van der Waals surface area contributed by atoms with Crippen LogP contribution in [0, 0.1) is 5.92 Å². The fourth-order valence-corrected chi connectivity index (χ4v) is 3.20. The summed E-state index contributed by atoms with van der Waals surface area (Å²) in [5.41, 5.74) is 0.520. The summed E-state index contributed by atoms with van der Waals surface area (Å²) in [7, 11) is -3.47. The molecule has 0 bridgehead atoms. The molecule has 0 aliphatic rings. The van der Waals surface area contributed by atoms with Crippen LogP contribution < -0.4 is 14.4 Å². The Bertz CT molecular complexity index is 818. The second kappa shape index (κ2) is 8.71. The maximum absolute atomic E-state index is 12.1. The number of anilines is 1. The third-order valence-corrected chi connectivity index (χ3v) is 4.84. The number of amides is 1. The number of para-hydroxylation sites is 1. The molecule has 140 valence electrons. The monoisotopic (exact) mass is 376 g/mol. The van der Waals surface area contributed by atoms with E-state index in [1.165, 1.54) is 4.31 Å². The first-order chi connectivity index (χ1) is 12.3. The van der Waals surface area contributed by atoms with E-state index in [9.17, 15) is 13.2 Å². The Morgan fingerprint density at radius 1 is 1.04 bits per heavy atom. The van der Waals surface area contributed by atoms with Crippen LogP contribution in [0.5, 0.6) is 11.5 Å². The van der Waals surface area contributed by atoms with Crippen molar-refractivity contribution in [2.24, 2.45) is 5.92 Å². The standard InChI is InChI=1S/C19H24N2O4S/c1-15(2)19(22)20-13-14-21(26(3,23)24)16-9-11-18(12-10-16)25-17-7-5-4-6-8-17/h4-12,15H,13-14H2,1-3H3,(H,20,22). The fourth-order valence-electron chi connectivity index (χ4n) is 2.28. The quantitative estimate of drug-likeness (QED) is 0.768. The van der Waals surface area contributed by atoms with Crippen LogP contribution in [0.1, 0.15) is 13.8 Å². The van der Waals surface area contributed by atoms with Gasteiger partial charge in [0.15, 0.2) is 0 Å². The molecule has 6 nitrogen and oxygen atoms in total. The lowest BCUT2D eigenvalue weighted by Gasteiger charge is -2.23. The van der Waals surface area contributed by atoms with Crippen molar-refractivity contribution in [1.29, 1.82) is 0 Å². The molecule has 1 amide bonds. The number of benzene rings is 2. The van der Waals surface area contributed by atoms with Gasteiger partial charge in [-0.3, -0.25) is 9.10 Å². The molecule has 0 saturated heterocycles. The topological polar surface area (TPSA) is 75.7 Å². The summed E-state index contributed by atoms with van der Waals surface area (Å²) in [5.74, 6) is 1.07. The van der Waals surface area contributed by atoms with Crippen molar-refractivity contribution >= 4 is 21.6 Å². The van der Waals surface area contributed by atoms with Crippen molar-refractivity contribution in [3.8, 4) is 11.5 Å². The summed E-state index contributed by atoms with van der Waals surface area (Å²) in [5, 5.41) is 2.73. The number of rotatable bonds is 8. The number of sulfonamides is 1. The van der Waals surface area contributed by atoms with Crippen molar-refractivity contribution in [3.05, 3.63) is 54.6 Å². The summed E-state index contributed by atoms with van der Waals surface area (Å²) >= 11 is 0. The van der Waals surface area contributed by atoms with Gasteiger partial charge in [0.1, 0.15) is 11.5 Å². The molecule has 2 aromatic carbocycles. The maximum Gasteiger partial charge on any atom is 0.232 e. The molecule has 0 radical (unpaired) electrons. The van der Waals surface area contributed by atoms with Gasteiger partial charge in [-0.15, -0.1) is 0 Å². The minimum Gasteiger partial charge on any atom is -0.457 e. The van der Waals surface area contributed by atoms with E-state index in [1.807, 2.05) is 30.3 Å². The van der Waals surface area contributed by atoms with E-state index in [0.717, 1.165) is 6.26 Å². The van der Waals surface area contributed by atoms with Crippen LogP contribution in [0.25, 0.3) is 0 Å². The molecule has 0 unspecified atom stereocenters. The van der Waals surface area contributed by atoms with Gasteiger partial charge in [0.05, 0.1) is 18.5 Å². The summed E-state index contributed by atoms with van der Waals surface area (Å²) < 4.78 is 31.2. The van der Waals surface area contributed by atoms with Crippen molar-refractivity contribution < 1.29 is 17.9 Å². The van der Waals surface area contributed by atoms with Crippen LogP contribution in [-0.4, -0.2) is 33.7 Å². The number of nitrogens with one attached hydrogen (secondary N) is 1. The van der Waals surface area contributed by atoms with Crippen molar-refractivity contribution in [1.82, 2.24) is 5.32 Å². The lowest BCUT2D eigenvalue weighted by molar-refractivity contribution is -0.123. The highest BCUT2D eigenvalue weighted by molar-refractivity contribution is 7.92. The van der Waals surface area contributed by atoms with E-state index in [4.69, 9.17) is 4.74 Å². The molecule has 0 aromatic heterocycles. The Morgan fingerprint density at radius 2 is 1.62 bits per heavy atom. The summed E-state index contributed by atoms with van der Waals surface area (Å²) in [6, 6.07) is 16.1. The van der Waals surface area contributed by atoms with Crippen molar-refractivity contribution in [2.45, 2.75) is 13.8 Å². The van der Waals surface area contributed by atoms with Crippen LogP contribution >= 0.6 is 0 Å². The molecular weight excluding hydrogens is 352 g/mol. The van der Waals surface area contributed by atoms with E-state index < -0.39 is 10.0 Å². The first-order valence-electron chi connectivity index (χ1n) is 8.36. The van der Waals surface area contributed by atoms with Crippen LogP contribution in [0.4, 0.5) is 5.69 Å². The van der Waals surface area contributed by atoms with Gasteiger partial charge in [-0.05, 0) is 36.4 Å². The van der Waals surface area contributed by atoms with Gasteiger partial charge < -0.3 is 10.1 Å². The average Bonchev–Trinajstić information content (AvgIpc) is 2.59. The number of nitrogens with zero attached hydrogens (tertiary/aromatic N) is 1. The van der Waals surface area contributed by atoms with Crippen molar-refractivity contribution in [2.75, 3.05) is 23.7 Å². The highest BCUT2D eigenvalue weighted by Crippen LogP contribution is 2.25. The Kier molecular flexibility index (Phi) is 6.63. The zero-order valence-corrected chi connectivity index (χ0v) is 16.0. The van der Waals surface area contributed by atoms with Gasteiger partial charge in [0.25, 0.3) is 0 Å². The molecule has 2 rings (SSSR count). The molecule has 7 heteroatoms. The van der Waals surface area contributed by atoms with Crippen LogP contribution in [0.3, 0.4) is 0 Å². The molecule has 26 heavy (non-hydrogen) atoms. The number of hydrogen-bond donors (Lipinski definition) is 1. The first kappa shape index (κ1) is 19.8. The smallest absolute Gasteiger partial charge is 0.232 e. The van der Waals surface area contributed by atoms with Gasteiger partial charge in [-0.25, -0.2) is 8.42 Å². The summed E-state index contributed by atoms with van der Waals surface area (Å²) in [6.45, 7) is 3.98. The van der Waals surface area contributed by atoms with Crippen LogP contribution in [0.15, 0.2) is 54.6 Å². The van der Waals surface area contributed by atoms with E-state index in [1.54, 1.807) is 38.1 Å². The average molecular weight is 376 g/mol. The summed E-state index contributed by atoms with van der Waals surface area (Å²) in [4.78, 5) is 11.6. The molecule has 0 saturated carbocycles. The van der Waals surface area contributed by atoms with Gasteiger partial charge in [0.2, 0.25) is 15.9 Å². The molecular formula is C19H24N2O4S. The van der Waals surface area contributed by atoms with Gasteiger partial charge >= 0.3 is 0 Å². The second-order valence-electron chi connectivity index (χ2n) is 6.19. The largest absolute Gasteiger partial charge is 0.457 e. The lowest BCUT2D eigenvalue weighted by atomic mass is 10.2. The Balaban J connectivity index is 2.07. The van der Waals surface area contributed by atoms with E-state index in [-0.39, 0.29) is 24.9 Å². The normalized spacial score (nSPS) is 11.2. The SMILES string of the molecule is CC(C)C(=O)NCCN(c1ccc(Oc2ccccc2)cc1)S(C)(=O)=O. The zero-order valence-electron chi connectivity index (χ0n) is 15.2. The Labute approximate surface area is 154 Å². The fraction of sp³-hybridized carbons (Fsp3) is 0.316. The minimum absolute atomic E-state index is 0.106. The number of carbonyl (C=O) groups excluding carboxylic acids is 1. The molecule has 0 aliphatic carbocycles. The first-order valence-corrected chi connectivity index (χ1v) is 10.2. The number of carbonyl (C=O) groups is 1. The molecule has 0 aliphatic heterocycles. The molecule has 0 fully saturated rings. The predicted molar refractivity (Wildman–Crippen MR) is 103 cm³/mol. The third-order valence-electron chi connectivity index (χ3n) is 3.64. The molecule has 0 spiro atoms. The Morgan fingerprint density at radius 3 is 2.15 bits per heavy atom. The van der Waals surface area contributed by atoms with E-state index in [0.29, 0.717) is 17.2 Å². The predicted octanol–water partition coefficient (Wildman–Crippen LogP) is 3.02. The number of ether oxygens (including phenoxy) is 1. The van der Waals surface area contributed by atoms with Gasteiger partial charge in [-0.1, -0.05) is 32.0 Å². The van der Waals surface area contributed by atoms with E-state index in [2.05, 4.69) is 5.32 Å². The van der Waals surface area contributed by atoms with Crippen LogP contribution in [0.2, 0.25) is 0 Å². The number of hydrogen-bond acceptors (Lipinski definition) is 4. The highest BCUT2D eigenvalue weighted by atomic mass is 32.2. The van der Waals surface area contributed by atoms with Gasteiger partial charge in [-0.2, -0.15) is 0 Å². The Hall–Kier alpha value is -2.54. The van der Waals surface area contributed by atoms with Crippen LogP contribution in [-0.2, 0) is 14.8 Å². The lowest BCUT2D eigenvalue weighted by Crippen LogP contribution is -2.39. The molecule has 0 atom stereocenters. The van der Waals surface area contributed by atoms with Crippen molar-refractivity contribution in [3.63, 3.8) is 0 Å². The van der Waals surface area contributed by atoms with E-state index >= 15 is 0 Å². The molecule has 2 aromatic rings. The second-order valence-corrected chi connectivity index (χ2v) is 8.10. The van der Waals surface area contributed by atoms with Gasteiger partial charge in [0, 0.05) is 12.5 Å². The minimum atomic E-state index is -3.47. The molecule has 0 heterocycles. The summed E-state index contributed by atoms with van der Waals surface area (Å²) in [6.07, 6.45) is 1.14. The zero-order chi connectivity index (χ0) is 19.2. The maximum atomic E-state index is 12.1. The third kappa shape index (κ3) is 5.77. The molecule has 1 N–H and O–H groups in total. The highest BCUT2D eigenvalue weighted by Gasteiger charge is 2.18.